The molecule has 1 fully saturated rings. The highest BCUT2D eigenvalue weighted by atomic mass is 32.1. The SMILES string of the molecule is CC(=O)N1CCN(Cc2scnc2C)C[C@H]1c1ccccc1. The third kappa shape index (κ3) is 3.20. The van der Waals surface area contributed by atoms with Gasteiger partial charge in [-0.25, -0.2) is 4.98 Å². The third-order valence-corrected chi connectivity index (χ3v) is 5.19. The van der Waals surface area contributed by atoms with Crippen LogP contribution in [-0.4, -0.2) is 40.3 Å². The second-order valence-corrected chi connectivity index (χ2v) is 6.67. The average molecular weight is 315 g/mol. The van der Waals surface area contributed by atoms with Crippen molar-refractivity contribution in [3.05, 3.63) is 52.0 Å². The Morgan fingerprint density at radius 1 is 1.32 bits per heavy atom. The number of hydrogen-bond acceptors (Lipinski definition) is 4. The van der Waals surface area contributed by atoms with Crippen LogP contribution in [0, 0.1) is 6.92 Å². The van der Waals surface area contributed by atoms with E-state index in [1.54, 1.807) is 18.3 Å². The minimum atomic E-state index is 0.140. The summed E-state index contributed by atoms with van der Waals surface area (Å²) < 4.78 is 0. The number of nitrogens with zero attached hydrogens (tertiary/aromatic N) is 3. The van der Waals surface area contributed by atoms with Crippen LogP contribution in [0.5, 0.6) is 0 Å². The fourth-order valence-corrected chi connectivity index (χ4v) is 3.82. The van der Waals surface area contributed by atoms with E-state index < -0.39 is 0 Å². The fourth-order valence-electron chi connectivity index (χ4n) is 3.00. The number of rotatable bonds is 3. The molecule has 0 saturated carbocycles. The molecule has 0 unspecified atom stereocenters. The quantitative estimate of drug-likeness (QED) is 0.874. The smallest absolute Gasteiger partial charge is 0.220 e. The Kier molecular flexibility index (Phi) is 4.55. The largest absolute Gasteiger partial charge is 0.333 e. The van der Waals surface area contributed by atoms with Crippen LogP contribution in [0.2, 0.25) is 0 Å². The lowest BCUT2D eigenvalue weighted by Gasteiger charge is -2.41. The molecule has 1 amide bonds. The summed E-state index contributed by atoms with van der Waals surface area (Å²) in [4.78, 5) is 22.0. The van der Waals surface area contributed by atoms with Gasteiger partial charge in [-0.3, -0.25) is 9.69 Å². The van der Waals surface area contributed by atoms with Crippen LogP contribution in [0.1, 0.15) is 29.1 Å². The maximum Gasteiger partial charge on any atom is 0.220 e. The van der Waals surface area contributed by atoms with E-state index in [0.29, 0.717) is 0 Å². The summed E-state index contributed by atoms with van der Waals surface area (Å²) in [5, 5.41) is 0. The molecule has 116 valence electrons. The molecule has 1 atom stereocenters. The Morgan fingerprint density at radius 3 is 2.73 bits per heavy atom. The van der Waals surface area contributed by atoms with Gasteiger partial charge in [0.15, 0.2) is 0 Å². The summed E-state index contributed by atoms with van der Waals surface area (Å²) in [5.41, 5.74) is 4.24. The lowest BCUT2D eigenvalue weighted by atomic mass is 10.0. The average Bonchev–Trinajstić information content (AvgIpc) is 2.93. The maximum absolute atomic E-state index is 12.0. The molecule has 4 nitrogen and oxygen atoms in total. The van der Waals surface area contributed by atoms with Crippen molar-refractivity contribution in [3.63, 3.8) is 0 Å². The Balaban J connectivity index is 1.78. The molecule has 1 aromatic heterocycles. The van der Waals surface area contributed by atoms with E-state index in [1.165, 1.54) is 10.4 Å². The number of aromatic nitrogens is 1. The lowest BCUT2D eigenvalue weighted by molar-refractivity contribution is -0.134. The monoisotopic (exact) mass is 315 g/mol. The highest BCUT2D eigenvalue weighted by molar-refractivity contribution is 7.09. The third-order valence-electron chi connectivity index (χ3n) is 4.27. The van der Waals surface area contributed by atoms with Gasteiger partial charge in [0, 0.05) is 38.0 Å². The number of thiazole rings is 1. The molecule has 2 aromatic rings. The molecule has 0 aliphatic carbocycles. The molecule has 2 heterocycles. The van der Waals surface area contributed by atoms with Crippen LogP contribution >= 0.6 is 11.3 Å². The molecular weight excluding hydrogens is 294 g/mol. The molecule has 3 rings (SSSR count). The molecule has 1 aliphatic rings. The maximum atomic E-state index is 12.0. The normalized spacial score (nSPS) is 19.4. The number of aryl methyl sites for hydroxylation is 1. The van der Waals surface area contributed by atoms with Gasteiger partial charge < -0.3 is 4.90 Å². The highest BCUT2D eigenvalue weighted by Crippen LogP contribution is 2.27. The number of piperazine rings is 1. The molecule has 0 N–H and O–H groups in total. The summed E-state index contributed by atoms with van der Waals surface area (Å²) in [5.74, 6) is 0.155. The van der Waals surface area contributed by atoms with Crippen molar-refractivity contribution in [2.75, 3.05) is 19.6 Å². The number of carbonyl (C=O) groups is 1. The Bertz CT molecular complexity index is 640. The summed E-state index contributed by atoms with van der Waals surface area (Å²) in [7, 11) is 0. The van der Waals surface area contributed by atoms with Gasteiger partial charge in [-0.05, 0) is 12.5 Å². The number of benzene rings is 1. The first-order valence-corrected chi connectivity index (χ1v) is 8.46. The zero-order valence-corrected chi connectivity index (χ0v) is 13.8. The van der Waals surface area contributed by atoms with E-state index in [9.17, 15) is 4.79 Å². The van der Waals surface area contributed by atoms with Crippen molar-refractivity contribution in [2.24, 2.45) is 0 Å². The van der Waals surface area contributed by atoms with Gasteiger partial charge >= 0.3 is 0 Å². The van der Waals surface area contributed by atoms with E-state index in [4.69, 9.17) is 0 Å². The standard InChI is InChI=1S/C17H21N3OS/c1-13-17(22-12-18-13)11-19-8-9-20(14(2)21)16(10-19)15-6-4-3-5-7-15/h3-7,12,16H,8-11H2,1-2H3/t16-/m0/s1. The number of hydrogen-bond donors (Lipinski definition) is 0. The second-order valence-electron chi connectivity index (χ2n) is 5.73. The predicted molar refractivity (Wildman–Crippen MR) is 88.7 cm³/mol. The van der Waals surface area contributed by atoms with Crippen molar-refractivity contribution >= 4 is 17.2 Å². The molecule has 5 heteroatoms. The van der Waals surface area contributed by atoms with Gasteiger partial charge in [-0.15, -0.1) is 11.3 Å². The van der Waals surface area contributed by atoms with Crippen LogP contribution in [0.15, 0.2) is 35.8 Å². The zero-order valence-electron chi connectivity index (χ0n) is 13.0. The fraction of sp³-hybridized carbons (Fsp3) is 0.412. The Labute approximate surface area is 135 Å². The summed E-state index contributed by atoms with van der Waals surface area (Å²) in [6, 6.07) is 10.5. The van der Waals surface area contributed by atoms with Crippen molar-refractivity contribution in [2.45, 2.75) is 26.4 Å². The summed E-state index contributed by atoms with van der Waals surface area (Å²) >= 11 is 1.71. The summed E-state index contributed by atoms with van der Waals surface area (Å²) in [6.07, 6.45) is 0. The first kappa shape index (κ1) is 15.2. The van der Waals surface area contributed by atoms with Crippen LogP contribution in [0.4, 0.5) is 0 Å². The molecule has 1 saturated heterocycles. The van der Waals surface area contributed by atoms with Gasteiger partial charge in [0.2, 0.25) is 5.91 Å². The van der Waals surface area contributed by atoms with Crippen molar-refractivity contribution in [1.82, 2.24) is 14.8 Å². The molecule has 22 heavy (non-hydrogen) atoms. The van der Waals surface area contributed by atoms with E-state index in [0.717, 1.165) is 31.9 Å². The minimum absolute atomic E-state index is 0.140. The number of carbonyl (C=O) groups excluding carboxylic acids is 1. The molecular formula is C17H21N3OS. The Morgan fingerprint density at radius 2 is 2.09 bits per heavy atom. The molecule has 0 bridgehead atoms. The first-order valence-electron chi connectivity index (χ1n) is 7.58. The lowest BCUT2D eigenvalue weighted by Crippen LogP contribution is -2.49. The molecule has 1 aromatic carbocycles. The highest BCUT2D eigenvalue weighted by Gasteiger charge is 2.30. The predicted octanol–water partition coefficient (Wildman–Crippen LogP) is 2.86. The topological polar surface area (TPSA) is 36.4 Å². The van der Waals surface area contributed by atoms with Crippen molar-refractivity contribution in [1.29, 1.82) is 0 Å². The molecule has 0 spiro atoms. The van der Waals surface area contributed by atoms with Crippen LogP contribution in [-0.2, 0) is 11.3 Å². The van der Waals surface area contributed by atoms with Crippen molar-refractivity contribution < 1.29 is 4.79 Å². The zero-order chi connectivity index (χ0) is 15.5. The van der Waals surface area contributed by atoms with E-state index in [1.807, 2.05) is 28.6 Å². The van der Waals surface area contributed by atoms with Crippen LogP contribution in [0.3, 0.4) is 0 Å². The van der Waals surface area contributed by atoms with Crippen LogP contribution < -0.4 is 0 Å². The van der Waals surface area contributed by atoms with Gasteiger partial charge in [0.1, 0.15) is 0 Å². The molecule has 0 radical (unpaired) electrons. The summed E-state index contributed by atoms with van der Waals surface area (Å²) in [6.45, 7) is 7.23. The minimum Gasteiger partial charge on any atom is -0.333 e. The number of amides is 1. The first-order chi connectivity index (χ1) is 10.6. The molecule has 1 aliphatic heterocycles. The van der Waals surface area contributed by atoms with E-state index in [2.05, 4.69) is 28.9 Å². The Hall–Kier alpha value is -1.72. The van der Waals surface area contributed by atoms with E-state index >= 15 is 0 Å². The van der Waals surface area contributed by atoms with Crippen LogP contribution in [0.25, 0.3) is 0 Å². The van der Waals surface area contributed by atoms with Crippen molar-refractivity contribution in [3.8, 4) is 0 Å². The van der Waals surface area contributed by atoms with Gasteiger partial charge in [0.25, 0.3) is 0 Å². The van der Waals surface area contributed by atoms with E-state index in [-0.39, 0.29) is 11.9 Å². The van der Waals surface area contributed by atoms with Gasteiger partial charge in [-0.2, -0.15) is 0 Å². The van der Waals surface area contributed by atoms with Gasteiger partial charge in [0.05, 0.1) is 17.2 Å². The second kappa shape index (κ2) is 6.58. The van der Waals surface area contributed by atoms with Gasteiger partial charge in [-0.1, -0.05) is 30.3 Å².